The molecular formula is C5H12NO. The number of nitrogens with one attached hydrogen (secondary N) is 1. The van der Waals surface area contributed by atoms with E-state index in [0.717, 1.165) is 0 Å². The lowest BCUT2D eigenvalue weighted by Gasteiger charge is -2.13. The van der Waals surface area contributed by atoms with Crippen LogP contribution in [0.4, 0.5) is 0 Å². The molecule has 43 valence electrons. The molecule has 0 saturated carbocycles. The van der Waals surface area contributed by atoms with Crippen molar-refractivity contribution in [2.24, 2.45) is 5.41 Å². The molecule has 0 aromatic heterocycles. The van der Waals surface area contributed by atoms with Crippen molar-refractivity contribution in [1.82, 2.24) is 5.90 Å². The van der Waals surface area contributed by atoms with E-state index in [0.29, 0.717) is 6.61 Å². The van der Waals surface area contributed by atoms with Gasteiger partial charge < -0.3 is 0 Å². The molecule has 0 bridgehead atoms. The molecule has 0 aliphatic heterocycles. The largest absolute Gasteiger partial charge is 0.285 e. The molecule has 0 spiro atoms. The Balaban J connectivity index is 3.15. The predicted molar refractivity (Wildman–Crippen MR) is 28.5 cm³/mol. The Hall–Kier alpha value is -0.0800. The van der Waals surface area contributed by atoms with Gasteiger partial charge >= 0.3 is 0 Å². The highest BCUT2D eigenvalue weighted by Gasteiger charge is 2.08. The summed E-state index contributed by atoms with van der Waals surface area (Å²) < 4.78 is 0. The highest BCUT2D eigenvalue weighted by molar-refractivity contribution is 4.57. The van der Waals surface area contributed by atoms with Gasteiger partial charge in [0.1, 0.15) is 0 Å². The highest BCUT2D eigenvalue weighted by atomic mass is 16.6. The molecule has 0 rings (SSSR count). The van der Waals surface area contributed by atoms with Crippen LogP contribution in [-0.2, 0) is 4.84 Å². The van der Waals surface area contributed by atoms with E-state index in [9.17, 15) is 0 Å². The molecule has 0 atom stereocenters. The summed E-state index contributed by atoms with van der Waals surface area (Å²) in [6.45, 7) is 6.59. The van der Waals surface area contributed by atoms with Gasteiger partial charge in [0.05, 0.1) is 6.61 Å². The van der Waals surface area contributed by atoms with Gasteiger partial charge in [0, 0.05) is 0 Å². The van der Waals surface area contributed by atoms with Crippen LogP contribution in [0.1, 0.15) is 20.8 Å². The first-order chi connectivity index (χ1) is 3.06. The highest BCUT2D eigenvalue weighted by Crippen LogP contribution is 2.11. The molecule has 0 aromatic carbocycles. The van der Waals surface area contributed by atoms with E-state index < -0.39 is 0 Å². The first-order valence-corrected chi connectivity index (χ1v) is 2.35. The van der Waals surface area contributed by atoms with Crippen molar-refractivity contribution in [2.45, 2.75) is 20.8 Å². The molecular weight excluding hydrogens is 90.1 g/mol. The monoisotopic (exact) mass is 102 g/mol. The van der Waals surface area contributed by atoms with Crippen LogP contribution in [0, 0.1) is 5.41 Å². The summed E-state index contributed by atoms with van der Waals surface area (Å²) in [5.74, 6) is 6.36. The summed E-state index contributed by atoms with van der Waals surface area (Å²) in [4.78, 5) is 4.16. The van der Waals surface area contributed by atoms with E-state index in [1.165, 1.54) is 0 Å². The first kappa shape index (κ1) is 6.92. The molecule has 0 aromatic rings. The lowest BCUT2D eigenvalue weighted by molar-refractivity contribution is 0.0571. The van der Waals surface area contributed by atoms with Crippen molar-refractivity contribution in [1.29, 1.82) is 0 Å². The average Bonchev–Trinajstić information content (AvgIpc) is 1.30. The lowest BCUT2D eigenvalue weighted by atomic mass is 9.99. The SMILES string of the molecule is CC(C)(C)CO[NH]. The zero-order valence-corrected chi connectivity index (χ0v) is 5.12. The van der Waals surface area contributed by atoms with Crippen molar-refractivity contribution in [3.8, 4) is 0 Å². The Morgan fingerprint density at radius 3 is 1.86 bits per heavy atom. The number of hydrogen-bond acceptors (Lipinski definition) is 1. The summed E-state index contributed by atoms with van der Waals surface area (Å²) in [6, 6.07) is 0. The molecule has 0 unspecified atom stereocenters. The lowest BCUT2D eigenvalue weighted by Crippen LogP contribution is -2.13. The van der Waals surface area contributed by atoms with Crippen LogP contribution in [-0.4, -0.2) is 6.61 Å². The van der Waals surface area contributed by atoms with Gasteiger partial charge in [-0.1, -0.05) is 20.8 Å². The first-order valence-electron chi connectivity index (χ1n) is 2.35. The van der Waals surface area contributed by atoms with Crippen molar-refractivity contribution >= 4 is 0 Å². The van der Waals surface area contributed by atoms with Gasteiger partial charge in [0.2, 0.25) is 0 Å². The Labute approximate surface area is 44.6 Å². The van der Waals surface area contributed by atoms with Crippen LogP contribution in [0.15, 0.2) is 0 Å². The van der Waals surface area contributed by atoms with Gasteiger partial charge in [-0.2, -0.15) is 0 Å². The minimum Gasteiger partial charge on any atom is -0.285 e. The van der Waals surface area contributed by atoms with Crippen LogP contribution in [0.3, 0.4) is 0 Å². The maximum absolute atomic E-state index is 6.36. The summed E-state index contributed by atoms with van der Waals surface area (Å²) >= 11 is 0. The summed E-state index contributed by atoms with van der Waals surface area (Å²) in [5.41, 5.74) is 0.141. The summed E-state index contributed by atoms with van der Waals surface area (Å²) in [7, 11) is 0. The second kappa shape index (κ2) is 2.28. The molecule has 2 nitrogen and oxygen atoms in total. The second-order valence-corrected chi connectivity index (χ2v) is 2.85. The van der Waals surface area contributed by atoms with E-state index in [1.807, 2.05) is 20.8 Å². The van der Waals surface area contributed by atoms with Crippen molar-refractivity contribution in [2.75, 3.05) is 6.61 Å². The van der Waals surface area contributed by atoms with Gasteiger partial charge in [0.25, 0.3) is 0 Å². The van der Waals surface area contributed by atoms with Crippen LogP contribution in [0.2, 0.25) is 0 Å². The number of hydrogen-bond donors (Lipinski definition) is 0. The fraction of sp³-hybridized carbons (Fsp3) is 1.00. The third kappa shape index (κ3) is 5.92. The third-order valence-electron chi connectivity index (χ3n) is 0.505. The summed E-state index contributed by atoms with van der Waals surface area (Å²) in [5, 5.41) is 0. The molecule has 0 saturated heterocycles. The van der Waals surface area contributed by atoms with E-state index in [1.54, 1.807) is 0 Å². The predicted octanol–water partition coefficient (Wildman–Crippen LogP) is 1.25. The number of rotatable bonds is 1. The van der Waals surface area contributed by atoms with Gasteiger partial charge in [-0.15, -0.1) is 5.90 Å². The quantitative estimate of drug-likeness (QED) is 0.458. The molecule has 0 heterocycles. The standard InChI is InChI=1S/C5H12NO/c1-5(2,3)4-7-6/h6H,4H2,1-3H3. The molecule has 1 N–H and O–H groups in total. The molecule has 0 aliphatic rings. The van der Waals surface area contributed by atoms with Crippen LogP contribution >= 0.6 is 0 Å². The zero-order chi connectivity index (χ0) is 5.91. The average molecular weight is 102 g/mol. The van der Waals surface area contributed by atoms with Crippen molar-refractivity contribution in [3.63, 3.8) is 0 Å². The Kier molecular flexibility index (Phi) is 2.26. The smallest absolute Gasteiger partial charge is 0.0747 e. The fourth-order valence-electron chi connectivity index (χ4n) is 0.217. The normalized spacial score (nSPS) is 12.0. The van der Waals surface area contributed by atoms with Crippen LogP contribution in [0.25, 0.3) is 0 Å². The maximum atomic E-state index is 6.36. The van der Waals surface area contributed by atoms with E-state index in [-0.39, 0.29) is 5.41 Å². The molecule has 2 heteroatoms. The second-order valence-electron chi connectivity index (χ2n) is 2.85. The van der Waals surface area contributed by atoms with Crippen LogP contribution < -0.4 is 5.90 Å². The van der Waals surface area contributed by atoms with Gasteiger partial charge in [-0.25, -0.2) is 0 Å². The van der Waals surface area contributed by atoms with E-state index >= 15 is 0 Å². The van der Waals surface area contributed by atoms with E-state index in [4.69, 9.17) is 5.90 Å². The van der Waals surface area contributed by atoms with Gasteiger partial charge in [0.15, 0.2) is 0 Å². The van der Waals surface area contributed by atoms with Gasteiger partial charge in [-0.3, -0.25) is 4.84 Å². The summed E-state index contributed by atoms with van der Waals surface area (Å²) in [6.07, 6.45) is 0. The minimum atomic E-state index is 0.141. The molecule has 0 amide bonds. The zero-order valence-electron chi connectivity index (χ0n) is 5.12. The van der Waals surface area contributed by atoms with Gasteiger partial charge in [-0.05, 0) is 5.41 Å². The third-order valence-corrected chi connectivity index (χ3v) is 0.505. The van der Waals surface area contributed by atoms with Crippen molar-refractivity contribution < 1.29 is 4.84 Å². The topological polar surface area (TPSA) is 33.0 Å². The Bertz CT molecular complexity index is 46.5. The Morgan fingerprint density at radius 2 is 1.86 bits per heavy atom. The van der Waals surface area contributed by atoms with Crippen LogP contribution in [0.5, 0.6) is 0 Å². The molecule has 1 radical (unpaired) electrons. The molecule has 7 heavy (non-hydrogen) atoms. The fourth-order valence-corrected chi connectivity index (χ4v) is 0.217. The minimum absolute atomic E-state index is 0.141. The molecule has 0 aliphatic carbocycles. The molecule has 0 fully saturated rings. The van der Waals surface area contributed by atoms with Crippen molar-refractivity contribution in [3.05, 3.63) is 0 Å². The Morgan fingerprint density at radius 1 is 1.43 bits per heavy atom. The maximum Gasteiger partial charge on any atom is 0.0747 e. The van der Waals surface area contributed by atoms with E-state index in [2.05, 4.69) is 4.84 Å².